The summed E-state index contributed by atoms with van der Waals surface area (Å²) in [5.74, 6) is 0. The monoisotopic (exact) mass is 396 g/mol. The van der Waals surface area contributed by atoms with Gasteiger partial charge in [-0.15, -0.1) is 0 Å². The summed E-state index contributed by atoms with van der Waals surface area (Å²) in [6.45, 7) is 0.713. The number of hydrogen-bond acceptors (Lipinski definition) is 1. The summed E-state index contributed by atoms with van der Waals surface area (Å²) >= 11 is 9.17. The van der Waals surface area contributed by atoms with Crippen LogP contribution < -0.4 is 10.2 Å². The number of halogens is 1. The molecular weight excluding hydrogens is 380 g/mol. The van der Waals surface area contributed by atoms with Crippen molar-refractivity contribution in [2.75, 3.05) is 10.2 Å². The fraction of sp³-hybridized carbons (Fsp3) is 0.0500. The molecule has 0 unspecified atom stereocenters. The van der Waals surface area contributed by atoms with Gasteiger partial charge in [0.1, 0.15) is 0 Å². The predicted molar refractivity (Wildman–Crippen MR) is 109 cm³/mol. The zero-order valence-electron chi connectivity index (χ0n) is 13.0. The zero-order valence-corrected chi connectivity index (χ0v) is 15.4. The highest BCUT2D eigenvalue weighted by Crippen LogP contribution is 2.20. The van der Waals surface area contributed by atoms with Crippen molar-refractivity contribution in [3.63, 3.8) is 0 Å². The van der Waals surface area contributed by atoms with E-state index in [9.17, 15) is 0 Å². The van der Waals surface area contributed by atoms with E-state index in [-0.39, 0.29) is 0 Å². The van der Waals surface area contributed by atoms with E-state index in [1.165, 1.54) is 5.56 Å². The molecule has 0 aliphatic heterocycles. The van der Waals surface area contributed by atoms with E-state index in [0.29, 0.717) is 11.7 Å². The maximum Gasteiger partial charge on any atom is 0.178 e. The Morgan fingerprint density at radius 3 is 2.21 bits per heavy atom. The number of nitrogens with one attached hydrogen (secondary N) is 1. The smallest absolute Gasteiger partial charge is 0.178 e. The fourth-order valence-corrected chi connectivity index (χ4v) is 3.10. The van der Waals surface area contributed by atoms with Crippen molar-refractivity contribution >= 4 is 44.6 Å². The Morgan fingerprint density at radius 1 is 0.875 bits per heavy atom. The van der Waals surface area contributed by atoms with E-state index < -0.39 is 0 Å². The van der Waals surface area contributed by atoms with Gasteiger partial charge >= 0.3 is 0 Å². The molecule has 0 aliphatic rings. The van der Waals surface area contributed by atoms with Gasteiger partial charge in [0.25, 0.3) is 0 Å². The van der Waals surface area contributed by atoms with Crippen LogP contribution in [0.1, 0.15) is 5.56 Å². The number of benzene rings is 3. The Labute approximate surface area is 156 Å². The number of rotatable bonds is 4. The van der Waals surface area contributed by atoms with E-state index in [2.05, 4.69) is 50.4 Å². The molecule has 0 fully saturated rings. The molecule has 3 rings (SSSR count). The van der Waals surface area contributed by atoms with Gasteiger partial charge in [-0.1, -0.05) is 70.5 Å². The molecular formula is C20H17BrN2S. The molecule has 24 heavy (non-hydrogen) atoms. The number of para-hydroxylation sites is 1. The molecule has 120 valence electrons. The Hall–Kier alpha value is -2.17. The largest absolute Gasteiger partial charge is 0.332 e. The number of thiocarbonyl (C=S) groups is 1. The van der Waals surface area contributed by atoms with Crippen LogP contribution in [0.2, 0.25) is 0 Å². The molecule has 3 aromatic carbocycles. The Bertz CT molecular complexity index is 806. The summed E-state index contributed by atoms with van der Waals surface area (Å²) < 4.78 is 1.02. The van der Waals surface area contributed by atoms with E-state index >= 15 is 0 Å². The molecule has 2 nitrogen and oxygen atoms in total. The molecule has 0 spiro atoms. The SMILES string of the molecule is S=C(Nc1cccc(Br)c1)N(Cc1ccccc1)c1ccccc1. The first-order valence-corrected chi connectivity index (χ1v) is 8.85. The molecule has 0 aliphatic carbocycles. The van der Waals surface area contributed by atoms with E-state index in [0.717, 1.165) is 15.8 Å². The highest BCUT2D eigenvalue weighted by Gasteiger charge is 2.13. The van der Waals surface area contributed by atoms with Crippen LogP contribution >= 0.6 is 28.1 Å². The third-order valence-corrected chi connectivity index (χ3v) is 4.39. The summed E-state index contributed by atoms with van der Waals surface area (Å²) in [4.78, 5) is 2.10. The number of nitrogens with zero attached hydrogens (tertiary/aromatic N) is 1. The summed E-state index contributed by atoms with van der Waals surface area (Å²) in [5, 5.41) is 4.00. The summed E-state index contributed by atoms with van der Waals surface area (Å²) in [6.07, 6.45) is 0. The molecule has 0 radical (unpaired) electrons. The van der Waals surface area contributed by atoms with Crippen LogP contribution in [-0.2, 0) is 6.54 Å². The van der Waals surface area contributed by atoms with Crippen molar-refractivity contribution in [2.45, 2.75) is 6.54 Å². The Balaban J connectivity index is 1.85. The molecule has 0 amide bonds. The molecule has 1 N–H and O–H groups in total. The van der Waals surface area contributed by atoms with Gasteiger partial charge in [0.2, 0.25) is 0 Å². The molecule has 0 bridgehead atoms. The minimum atomic E-state index is 0.670. The average molecular weight is 397 g/mol. The second kappa shape index (κ2) is 8.08. The maximum absolute atomic E-state index is 5.68. The van der Waals surface area contributed by atoms with E-state index in [4.69, 9.17) is 12.2 Å². The normalized spacial score (nSPS) is 10.2. The first-order valence-electron chi connectivity index (χ1n) is 7.65. The molecule has 4 heteroatoms. The fourth-order valence-electron chi connectivity index (χ4n) is 2.41. The lowest BCUT2D eigenvalue weighted by atomic mass is 10.2. The van der Waals surface area contributed by atoms with Gasteiger partial charge in [-0.3, -0.25) is 0 Å². The summed E-state index contributed by atoms with van der Waals surface area (Å²) in [7, 11) is 0. The second-order valence-corrected chi connectivity index (χ2v) is 6.65. The zero-order chi connectivity index (χ0) is 16.8. The van der Waals surface area contributed by atoms with Gasteiger partial charge in [-0.05, 0) is 48.1 Å². The Kier molecular flexibility index (Phi) is 5.62. The van der Waals surface area contributed by atoms with Crippen LogP contribution in [0.15, 0.2) is 89.4 Å². The van der Waals surface area contributed by atoms with Crippen LogP contribution in [-0.4, -0.2) is 5.11 Å². The van der Waals surface area contributed by atoms with Crippen molar-refractivity contribution in [3.05, 3.63) is 95.0 Å². The van der Waals surface area contributed by atoms with Gasteiger partial charge in [-0.2, -0.15) is 0 Å². The number of anilines is 2. The van der Waals surface area contributed by atoms with Crippen LogP contribution in [0.3, 0.4) is 0 Å². The summed E-state index contributed by atoms with van der Waals surface area (Å²) in [5.41, 5.74) is 3.23. The van der Waals surface area contributed by atoms with Gasteiger partial charge in [0, 0.05) is 15.8 Å². The van der Waals surface area contributed by atoms with E-state index in [1.54, 1.807) is 0 Å². The highest BCUT2D eigenvalue weighted by molar-refractivity contribution is 9.10. The van der Waals surface area contributed by atoms with Crippen LogP contribution in [0.5, 0.6) is 0 Å². The van der Waals surface area contributed by atoms with Crippen molar-refractivity contribution in [3.8, 4) is 0 Å². The third-order valence-electron chi connectivity index (χ3n) is 3.57. The minimum absolute atomic E-state index is 0.670. The van der Waals surface area contributed by atoms with E-state index in [1.807, 2.05) is 60.7 Å². The van der Waals surface area contributed by atoms with Crippen molar-refractivity contribution in [1.29, 1.82) is 0 Å². The van der Waals surface area contributed by atoms with Crippen LogP contribution in [0.4, 0.5) is 11.4 Å². The Morgan fingerprint density at radius 2 is 1.54 bits per heavy atom. The molecule has 0 saturated heterocycles. The molecule has 0 saturated carbocycles. The molecule has 0 aromatic heterocycles. The lowest BCUT2D eigenvalue weighted by molar-refractivity contribution is 1.01. The number of hydrogen-bond donors (Lipinski definition) is 1. The van der Waals surface area contributed by atoms with Gasteiger partial charge in [0.15, 0.2) is 5.11 Å². The highest BCUT2D eigenvalue weighted by atomic mass is 79.9. The predicted octanol–water partition coefficient (Wildman–Crippen LogP) is 5.85. The maximum atomic E-state index is 5.68. The topological polar surface area (TPSA) is 15.3 Å². The second-order valence-electron chi connectivity index (χ2n) is 5.35. The van der Waals surface area contributed by atoms with Crippen molar-refractivity contribution in [1.82, 2.24) is 0 Å². The lowest BCUT2D eigenvalue weighted by Gasteiger charge is -2.26. The third kappa shape index (κ3) is 4.43. The van der Waals surface area contributed by atoms with Gasteiger partial charge in [-0.25, -0.2) is 0 Å². The van der Waals surface area contributed by atoms with Crippen LogP contribution in [0.25, 0.3) is 0 Å². The van der Waals surface area contributed by atoms with Crippen molar-refractivity contribution in [2.24, 2.45) is 0 Å². The average Bonchev–Trinajstić information content (AvgIpc) is 2.61. The quantitative estimate of drug-likeness (QED) is 0.556. The minimum Gasteiger partial charge on any atom is -0.332 e. The molecule has 3 aromatic rings. The van der Waals surface area contributed by atoms with Crippen molar-refractivity contribution < 1.29 is 0 Å². The lowest BCUT2D eigenvalue weighted by Crippen LogP contribution is -2.34. The molecule has 0 heterocycles. The summed E-state index contributed by atoms with van der Waals surface area (Å²) in [6, 6.07) is 28.5. The van der Waals surface area contributed by atoms with Gasteiger partial charge < -0.3 is 10.2 Å². The molecule has 0 atom stereocenters. The van der Waals surface area contributed by atoms with Crippen LogP contribution in [0, 0.1) is 0 Å². The standard InChI is InChI=1S/C20H17BrN2S/c21-17-10-7-11-18(14-17)22-20(24)23(19-12-5-2-6-13-19)15-16-8-3-1-4-9-16/h1-14H,15H2,(H,22,24). The first-order chi connectivity index (χ1) is 11.7. The van der Waals surface area contributed by atoms with Gasteiger partial charge in [0.05, 0.1) is 6.54 Å². The first kappa shape index (κ1) is 16.7.